The molecule has 3 heterocycles. The van der Waals surface area contributed by atoms with Crippen molar-refractivity contribution in [2.24, 2.45) is 0 Å². The monoisotopic (exact) mass is 323 g/mol. The van der Waals surface area contributed by atoms with Crippen molar-refractivity contribution in [3.63, 3.8) is 0 Å². The number of fused-ring (bicyclic) bond motifs is 1. The summed E-state index contributed by atoms with van der Waals surface area (Å²) in [4.78, 5) is 7.15. The summed E-state index contributed by atoms with van der Waals surface area (Å²) in [6, 6.07) is 12.5. The van der Waals surface area contributed by atoms with Gasteiger partial charge in [0.1, 0.15) is 12.4 Å². The van der Waals surface area contributed by atoms with Gasteiger partial charge in [0.05, 0.1) is 17.8 Å². The first-order valence-corrected chi connectivity index (χ1v) is 8.40. The number of aryl methyl sites for hydroxylation is 1. The van der Waals surface area contributed by atoms with Crippen LogP contribution in [-0.4, -0.2) is 44.3 Å². The van der Waals surface area contributed by atoms with Gasteiger partial charge in [0.15, 0.2) is 5.82 Å². The maximum Gasteiger partial charge on any atom is 0.163 e. The molecule has 1 fully saturated rings. The van der Waals surface area contributed by atoms with Crippen LogP contribution in [0.5, 0.6) is 0 Å². The van der Waals surface area contributed by atoms with E-state index in [0.29, 0.717) is 6.61 Å². The maximum absolute atomic E-state index is 5.92. The second-order valence-electron chi connectivity index (χ2n) is 6.06. The average Bonchev–Trinajstić information content (AvgIpc) is 3.11. The molecule has 1 saturated heterocycles. The molecule has 3 aromatic rings. The van der Waals surface area contributed by atoms with Gasteiger partial charge in [-0.2, -0.15) is 0 Å². The van der Waals surface area contributed by atoms with Gasteiger partial charge >= 0.3 is 0 Å². The first kappa shape index (κ1) is 15.2. The van der Waals surface area contributed by atoms with Gasteiger partial charge in [0.2, 0.25) is 0 Å². The molecule has 0 radical (unpaired) electrons. The Bertz CT molecular complexity index is 831. The Kier molecular flexibility index (Phi) is 4.23. The lowest BCUT2D eigenvalue weighted by Gasteiger charge is -2.32. The van der Waals surface area contributed by atoms with Gasteiger partial charge in [-0.15, -0.1) is 10.2 Å². The number of para-hydroxylation sites is 1. The van der Waals surface area contributed by atoms with Crippen molar-refractivity contribution in [2.75, 3.05) is 19.7 Å². The summed E-state index contributed by atoms with van der Waals surface area (Å²) in [5.74, 6) is 0.911. The van der Waals surface area contributed by atoms with Crippen LogP contribution in [0.2, 0.25) is 0 Å². The van der Waals surface area contributed by atoms with E-state index in [4.69, 9.17) is 9.72 Å². The molecule has 1 aliphatic heterocycles. The van der Waals surface area contributed by atoms with Crippen LogP contribution in [0.25, 0.3) is 10.9 Å². The number of hydrogen-bond acceptors (Lipinski definition) is 5. The first-order chi connectivity index (χ1) is 11.8. The second-order valence-corrected chi connectivity index (χ2v) is 6.06. The normalized spacial score (nSPS) is 19.0. The van der Waals surface area contributed by atoms with Crippen LogP contribution in [0.4, 0.5) is 0 Å². The van der Waals surface area contributed by atoms with Crippen molar-refractivity contribution in [1.29, 1.82) is 0 Å². The van der Waals surface area contributed by atoms with Crippen LogP contribution >= 0.6 is 0 Å². The molecule has 0 aliphatic carbocycles. The highest BCUT2D eigenvalue weighted by atomic mass is 16.5. The van der Waals surface area contributed by atoms with E-state index in [-0.39, 0.29) is 6.10 Å². The molecule has 24 heavy (non-hydrogen) atoms. The van der Waals surface area contributed by atoms with E-state index in [9.17, 15) is 0 Å². The van der Waals surface area contributed by atoms with E-state index < -0.39 is 0 Å². The van der Waals surface area contributed by atoms with Crippen LogP contribution in [0.15, 0.2) is 42.7 Å². The third-order valence-electron chi connectivity index (χ3n) is 4.47. The number of ether oxygens (including phenoxy) is 1. The minimum atomic E-state index is -0.0262. The minimum absolute atomic E-state index is 0.0262. The molecule has 1 atom stereocenters. The van der Waals surface area contributed by atoms with E-state index in [1.807, 2.05) is 16.7 Å². The quantitative estimate of drug-likeness (QED) is 0.738. The number of aromatic nitrogens is 4. The predicted molar refractivity (Wildman–Crippen MR) is 91.4 cm³/mol. The average molecular weight is 323 g/mol. The molecule has 124 valence electrons. The lowest BCUT2D eigenvalue weighted by molar-refractivity contribution is -0.0391. The molecular formula is C18H21N5O. The predicted octanol–water partition coefficient (Wildman–Crippen LogP) is 2.42. The molecule has 1 aromatic carbocycles. The van der Waals surface area contributed by atoms with E-state index >= 15 is 0 Å². The lowest BCUT2D eigenvalue weighted by atomic mass is 10.2. The smallest absolute Gasteiger partial charge is 0.163 e. The van der Waals surface area contributed by atoms with E-state index in [1.54, 1.807) is 6.33 Å². The van der Waals surface area contributed by atoms with Crippen LogP contribution in [-0.2, 0) is 17.8 Å². The number of hydrogen-bond donors (Lipinski definition) is 0. The SMILES string of the molecule is CCn1cnnc1C1CN(Cc2ccc3ccccc3n2)CCO1. The summed E-state index contributed by atoms with van der Waals surface area (Å²) in [6.45, 7) is 6.19. The molecular weight excluding hydrogens is 302 g/mol. The van der Waals surface area contributed by atoms with E-state index in [1.165, 1.54) is 5.39 Å². The molecule has 0 saturated carbocycles. The fourth-order valence-corrected chi connectivity index (χ4v) is 3.18. The molecule has 0 spiro atoms. The van der Waals surface area contributed by atoms with Crippen LogP contribution in [0.1, 0.15) is 24.5 Å². The fraction of sp³-hybridized carbons (Fsp3) is 0.389. The van der Waals surface area contributed by atoms with Crippen molar-refractivity contribution >= 4 is 10.9 Å². The summed E-state index contributed by atoms with van der Waals surface area (Å²) in [5.41, 5.74) is 2.14. The molecule has 4 rings (SSSR count). The Labute approximate surface area is 141 Å². The Morgan fingerprint density at radius 3 is 3.04 bits per heavy atom. The molecule has 1 aliphatic rings. The number of morpholine rings is 1. The molecule has 6 nitrogen and oxygen atoms in total. The van der Waals surface area contributed by atoms with Crippen LogP contribution < -0.4 is 0 Å². The van der Waals surface area contributed by atoms with Gasteiger partial charge in [-0.3, -0.25) is 9.88 Å². The molecule has 1 unspecified atom stereocenters. The van der Waals surface area contributed by atoms with Crippen molar-refractivity contribution in [2.45, 2.75) is 26.1 Å². The van der Waals surface area contributed by atoms with Crippen LogP contribution in [0, 0.1) is 0 Å². The highest BCUT2D eigenvalue weighted by molar-refractivity contribution is 5.78. The Balaban J connectivity index is 1.49. The van der Waals surface area contributed by atoms with Gasteiger partial charge in [0.25, 0.3) is 0 Å². The second kappa shape index (κ2) is 6.67. The topological polar surface area (TPSA) is 56.1 Å². The third kappa shape index (κ3) is 3.02. The van der Waals surface area contributed by atoms with Gasteiger partial charge in [0, 0.05) is 31.6 Å². The Morgan fingerprint density at radius 1 is 1.21 bits per heavy atom. The summed E-state index contributed by atoms with van der Waals surface area (Å²) >= 11 is 0. The van der Waals surface area contributed by atoms with Crippen LogP contribution in [0.3, 0.4) is 0 Å². The third-order valence-corrected chi connectivity index (χ3v) is 4.47. The summed E-state index contributed by atoms with van der Waals surface area (Å²) in [5, 5.41) is 9.43. The van der Waals surface area contributed by atoms with Crippen molar-refractivity contribution in [3.05, 3.63) is 54.2 Å². The summed E-state index contributed by atoms with van der Waals surface area (Å²) in [7, 11) is 0. The van der Waals surface area contributed by atoms with Gasteiger partial charge in [-0.25, -0.2) is 0 Å². The molecule has 6 heteroatoms. The standard InChI is InChI=1S/C18H21N5O/c1-2-23-13-19-21-18(23)17-12-22(9-10-24-17)11-15-8-7-14-5-3-4-6-16(14)20-15/h3-8,13,17H,2,9-12H2,1H3. The van der Waals surface area contributed by atoms with Crippen molar-refractivity contribution in [3.8, 4) is 0 Å². The van der Waals surface area contributed by atoms with Crippen molar-refractivity contribution in [1.82, 2.24) is 24.6 Å². The highest BCUT2D eigenvalue weighted by Gasteiger charge is 2.26. The number of pyridine rings is 1. The van der Waals surface area contributed by atoms with Gasteiger partial charge in [-0.05, 0) is 19.1 Å². The van der Waals surface area contributed by atoms with Gasteiger partial charge in [-0.1, -0.05) is 24.3 Å². The zero-order valence-corrected chi connectivity index (χ0v) is 13.8. The zero-order valence-electron chi connectivity index (χ0n) is 13.8. The number of nitrogens with zero attached hydrogens (tertiary/aromatic N) is 5. The minimum Gasteiger partial charge on any atom is -0.368 e. The van der Waals surface area contributed by atoms with E-state index in [2.05, 4.69) is 46.3 Å². The number of rotatable bonds is 4. The Hall–Kier alpha value is -2.31. The zero-order chi connectivity index (χ0) is 16.4. The molecule has 2 aromatic heterocycles. The van der Waals surface area contributed by atoms with E-state index in [0.717, 1.165) is 43.2 Å². The summed E-state index contributed by atoms with van der Waals surface area (Å²) in [6.07, 6.45) is 1.74. The van der Waals surface area contributed by atoms with Gasteiger partial charge < -0.3 is 9.30 Å². The maximum atomic E-state index is 5.92. The first-order valence-electron chi connectivity index (χ1n) is 8.40. The number of benzene rings is 1. The largest absolute Gasteiger partial charge is 0.368 e. The van der Waals surface area contributed by atoms with Crippen molar-refractivity contribution < 1.29 is 4.74 Å². The molecule has 0 N–H and O–H groups in total. The highest BCUT2D eigenvalue weighted by Crippen LogP contribution is 2.22. The molecule has 0 amide bonds. The summed E-state index contributed by atoms with van der Waals surface area (Å²) < 4.78 is 7.96. The fourth-order valence-electron chi connectivity index (χ4n) is 3.18. The lowest BCUT2D eigenvalue weighted by Crippen LogP contribution is -2.38. The molecule has 0 bridgehead atoms. The Morgan fingerprint density at radius 2 is 2.12 bits per heavy atom.